The molecule has 0 spiro atoms. The Hall–Kier alpha value is -2.28. The van der Waals surface area contributed by atoms with E-state index in [-0.39, 0.29) is 12.2 Å². The zero-order valence-electron chi connectivity index (χ0n) is 10.6. The molecule has 1 N–H and O–H groups in total. The van der Waals surface area contributed by atoms with Gasteiger partial charge in [-0.25, -0.2) is 4.79 Å². The Bertz CT molecular complexity index is 472. The fourth-order valence-corrected chi connectivity index (χ4v) is 1.40. The number of hydrogen-bond acceptors (Lipinski definition) is 4. The molecule has 0 saturated heterocycles. The Morgan fingerprint density at radius 3 is 2.61 bits per heavy atom. The second kappa shape index (κ2) is 7.13. The van der Waals surface area contributed by atoms with E-state index in [1.54, 1.807) is 13.8 Å². The van der Waals surface area contributed by atoms with Crippen molar-refractivity contribution in [3.05, 3.63) is 47.2 Å². The maximum atomic E-state index is 11.5. The maximum Gasteiger partial charge on any atom is 0.350 e. The largest absolute Gasteiger partial charge is 0.462 e. The summed E-state index contributed by atoms with van der Waals surface area (Å²) in [5.74, 6) is -0.585. The van der Waals surface area contributed by atoms with Crippen LogP contribution < -0.4 is 5.32 Å². The Morgan fingerprint density at radius 2 is 2.06 bits per heavy atom. The zero-order valence-corrected chi connectivity index (χ0v) is 10.6. The van der Waals surface area contributed by atoms with Crippen molar-refractivity contribution >= 4 is 5.97 Å². The Kier molecular flexibility index (Phi) is 5.46. The monoisotopic (exact) mass is 244 g/mol. The first-order chi connectivity index (χ1) is 8.69. The molecule has 4 nitrogen and oxygen atoms in total. The molecule has 0 heterocycles. The van der Waals surface area contributed by atoms with Crippen molar-refractivity contribution in [3.63, 3.8) is 0 Å². The molecule has 0 aromatic heterocycles. The van der Waals surface area contributed by atoms with Crippen LogP contribution in [0.5, 0.6) is 0 Å². The zero-order chi connectivity index (χ0) is 13.4. The van der Waals surface area contributed by atoms with Crippen molar-refractivity contribution in [2.75, 3.05) is 6.61 Å². The average Bonchev–Trinajstić information content (AvgIpc) is 2.39. The fraction of sp³-hybridized carbons (Fsp3) is 0.286. The molecule has 0 aliphatic carbocycles. The number of nitrogens with one attached hydrogen (secondary N) is 1. The number of benzene rings is 1. The number of esters is 1. The minimum absolute atomic E-state index is 0.0211. The van der Waals surface area contributed by atoms with Crippen LogP contribution in [0.4, 0.5) is 0 Å². The molecular weight excluding hydrogens is 228 g/mol. The third-order valence-electron chi connectivity index (χ3n) is 2.37. The quantitative estimate of drug-likeness (QED) is 0.489. The van der Waals surface area contributed by atoms with Gasteiger partial charge in [0.25, 0.3) is 0 Å². The molecule has 4 heteroatoms. The van der Waals surface area contributed by atoms with Crippen LogP contribution in [0.1, 0.15) is 19.4 Å². The van der Waals surface area contributed by atoms with Crippen LogP contribution in [-0.2, 0) is 16.1 Å². The summed E-state index contributed by atoms with van der Waals surface area (Å²) >= 11 is 0. The summed E-state index contributed by atoms with van der Waals surface area (Å²) in [6.45, 7) is 4.23. The molecule has 0 bridgehead atoms. The van der Waals surface area contributed by atoms with Crippen LogP contribution in [0.3, 0.4) is 0 Å². The van der Waals surface area contributed by atoms with E-state index in [4.69, 9.17) is 10.00 Å². The van der Waals surface area contributed by atoms with E-state index in [1.807, 2.05) is 36.4 Å². The number of nitrogens with zero attached hydrogens (tertiary/aromatic N) is 1. The number of allylic oxidation sites excluding steroid dienone is 1. The normalized spacial score (nSPS) is 11.2. The number of carbonyl (C=O) groups excluding carboxylic acids is 1. The minimum Gasteiger partial charge on any atom is -0.462 e. The summed E-state index contributed by atoms with van der Waals surface area (Å²) < 4.78 is 4.81. The Morgan fingerprint density at radius 1 is 1.39 bits per heavy atom. The van der Waals surface area contributed by atoms with Crippen LogP contribution in [-0.4, -0.2) is 12.6 Å². The number of carbonyl (C=O) groups is 1. The predicted octanol–water partition coefficient (Wildman–Crippen LogP) is 2.14. The molecule has 1 aromatic carbocycles. The lowest BCUT2D eigenvalue weighted by Gasteiger charge is -2.08. The lowest BCUT2D eigenvalue weighted by molar-refractivity contribution is -0.138. The van der Waals surface area contributed by atoms with Gasteiger partial charge in [-0.1, -0.05) is 30.3 Å². The second-order valence-electron chi connectivity index (χ2n) is 3.67. The first-order valence-electron chi connectivity index (χ1n) is 5.75. The molecule has 0 aliphatic heterocycles. The first-order valence-corrected chi connectivity index (χ1v) is 5.75. The van der Waals surface area contributed by atoms with Crippen LogP contribution >= 0.6 is 0 Å². The maximum absolute atomic E-state index is 11.5. The van der Waals surface area contributed by atoms with E-state index in [9.17, 15) is 4.79 Å². The fourth-order valence-electron chi connectivity index (χ4n) is 1.40. The molecule has 0 unspecified atom stereocenters. The second-order valence-corrected chi connectivity index (χ2v) is 3.67. The van der Waals surface area contributed by atoms with Crippen LogP contribution in [0, 0.1) is 11.3 Å². The number of nitriles is 1. The first kappa shape index (κ1) is 13.8. The molecule has 0 saturated carbocycles. The molecule has 1 aromatic rings. The highest BCUT2D eigenvalue weighted by Crippen LogP contribution is 2.05. The molecule has 94 valence electrons. The van der Waals surface area contributed by atoms with Gasteiger partial charge < -0.3 is 10.1 Å². The standard InChI is InChI=1S/C14H16N2O2/c1-3-18-14(17)13(9-15)11(2)16-10-12-7-5-4-6-8-12/h4-8,16H,3,10H2,1-2H3/b13-11-. The third kappa shape index (κ3) is 3.95. The van der Waals surface area contributed by atoms with Crippen molar-refractivity contribution in [2.24, 2.45) is 0 Å². The number of ether oxygens (including phenoxy) is 1. The summed E-state index contributed by atoms with van der Waals surface area (Å²) in [5.41, 5.74) is 1.63. The smallest absolute Gasteiger partial charge is 0.350 e. The van der Waals surface area contributed by atoms with Gasteiger partial charge in [-0.05, 0) is 19.4 Å². The molecule has 0 aliphatic rings. The molecule has 0 radical (unpaired) electrons. The molecule has 0 amide bonds. The highest BCUT2D eigenvalue weighted by molar-refractivity contribution is 5.93. The van der Waals surface area contributed by atoms with Gasteiger partial charge in [0.2, 0.25) is 0 Å². The topological polar surface area (TPSA) is 62.1 Å². The summed E-state index contributed by atoms with van der Waals surface area (Å²) in [5, 5.41) is 12.0. The molecule has 0 atom stereocenters. The third-order valence-corrected chi connectivity index (χ3v) is 2.37. The van der Waals surface area contributed by atoms with Crippen molar-refractivity contribution in [2.45, 2.75) is 20.4 Å². The van der Waals surface area contributed by atoms with Crippen LogP contribution in [0.15, 0.2) is 41.6 Å². The lowest BCUT2D eigenvalue weighted by atomic mass is 10.2. The van der Waals surface area contributed by atoms with Gasteiger partial charge in [0.15, 0.2) is 5.57 Å². The molecule has 1 rings (SSSR count). The Balaban J connectivity index is 2.70. The van der Waals surface area contributed by atoms with Gasteiger partial charge in [-0.2, -0.15) is 5.26 Å². The van der Waals surface area contributed by atoms with Crippen molar-refractivity contribution in [1.29, 1.82) is 5.26 Å². The van der Waals surface area contributed by atoms with Gasteiger partial charge in [0.1, 0.15) is 6.07 Å². The van der Waals surface area contributed by atoms with Crippen LogP contribution in [0.2, 0.25) is 0 Å². The summed E-state index contributed by atoms with van der Waals surface area (Å²) in [6, 6.07) is 11.6. The van der Waals surface area contributed by atoms with E-state index in [1.165, 1.54) is 0 Å². The lowest BCUT2D eigenvalue weighted by Crippen LogP contribution is -2.17. The summed E-state index contributed by atoms with van der Waals surface area (Å²) in [4.78, 5) is 11.5. The van der Waals surface area contributed by atoms with E-state index < -0.39 is 5.97 Å². The highest BCUT2D eigenvalue weighted by Gasteiger charge is 2.13. The minimum atomic E-state index is -0.585. The number of rotatable bonds is 5. The predicted molar refractivity (Wildman–Crippen MR) is 68.2 cm³/mol. The van der Waals surface area contributed by atoms with E-state index >= 15 is 0 Å². The van der Waals surface area contributed by atoms with Gasteiger partial charge in [0, 0.05) is 12.2 Å². The average molecular weight is 244 g/mol. The molecular formula is C14H16N2O2. The summed E-state index contributed by atoms with van der Waals surface area (Å²) in [7, 11) is 0. The molecule has 18 heavy (non-hydrogen) atoms. The van der Waals surface area contributed by atoms with Crippen molar-refractivity contribution < 1.29 is 9.53 Å². The van der Waals surface area contributed by atoms with Crippen LogP contribution in [0.25, 0.3) is 0 Å². The van der Waals surface area contributed by atoms with E-state index in [0.717, 1.165) is 5.56 Å². The summed E-state index contributed by atoms with van der Waals surface area (Å²) in [6.07, 6.45) is 0. The Labute approximate surface area is 107 Å². The van der Waals surface area contributed by atoms with Gasteiger partial charge >= 0.3 is 5.97 Å². The van der Waals surface area contributed by atoms with Gasteiger partial charge in [-0.15, -0.1) is 0 Å². The van der Waals surface area contributed by atoms with Gasteiger partial charge in [-0.3, -0.25) is 0 Å². The van der Waals surface area contributed by atoms with E-state index in [2.05, 4.69) is 5.32 Å². The highest BCUT2D eigenvalue weighted by atomic mass is 16.5. The van der Waals surface area contributed by atoms with Crippen molar-refractivity contribution in [3.8, 4) is 6.07 Å². The van der Waals surface area contributed by atoms with Crippen molar-refractivity contribution in [1.82, 2.24) is 5.32 Å². The SMILES string of the molecule is CCOC(=O)/C(C#N)=C(/C)NCc1ccccc1. The molecule has 0 fully saturated rings. The van der Waals surface area contributed by atoms with Gasteiger partial charge in [0.05, 0.1) is 6.61 Å². The van der Waals surface area contributed by atoms with E-state index in [0.29, 0.717) is 12.2 Å². The number of hydrogen-bond donors (Lipinski definition) is 1.